The molecule has 178 valence electrons. The fourth-order valence-corrected chi connectivity index (χ4v) is 5.41. The largest absolute Gasteiger partial charge is 0.490 e. The number of hydrogen-bond acceptors (Lipinski definition) is 7. The number of allylic oxidation sites excluding steroid dienone is 1. The average Bonchev–Trinajstić information content (AvgIpc) is 3.25. The van der Waals surface area contributed by atoms with E-state index in [1.54, 1.807) is 6.92 Å². The number of rotatable bonds is 8. The van der Waals surface area contributed by atoms with Crippen molar-refractivity contribution in [3.8, 4) is 11.5 Å². The fourth-order valence-electron chi connectivity index (χ4n) is 3.83. The number of nitrogens with zero attached hydrogens (tertiary/aromatic N) is 2. The van der Waals surface area contributed by atoms with Crippen LogP contribution >= 0.6 is 39.3 Å². The highest BCUT2D eigenvalue weighted by Crippen LogP contribution is 2.45. The number of aliphatic imine (C=N–C) groups is 1. The lowest BCUT2D eigenvalue weighted by Crippen LogP contribution is -2.34. The predicted octanol–water partition coefficient (Wildman–Crippen LogP) is 6.85. The van der Waals surface area contributed by atoms with E-state index in [-0.39, 0.29) is 12.6 Å². The van der Waals surface area contributed by atoms with Gasteiger partial charge in [0.05, 0.1) is 35.0 Å². The van der Waals surface area contributed by atoms with E-state index in [4.69, 9.17) is 25.8 Å². The van der Waals surface area contributed by atoms with Gasteiger partial charge >= 0.3 is 5.97 Å². The predicted molar refractivity (Wildman–Crippen MR) is 139 cm³/mol. The summed E-state index contributed by atoms with van der Waals surface area (Å²) in [7, 11) is 0. The van der Waals surface area contributed by atoms with Gasteiger partial charge in [0.15, 0.2) is 16.7 Å². The highest BCUT2D eigenvalue weighted by Gasteiger charge is 2.38. The van der Waals surface area contributed by atoms with Gasteiger partial charge in [-0.3, -0.25) is 0 Å². The second kappa shape index (κ2) is 10.9. The van der Waals surface area contributed by atoms with Crippen molar-refractivity contribution in [2.75, 3.05) is 13.2 Å². The SMILES string of the molecule is CCOC(=O)C1=C(C)N=C2SC=CN2[C@@H]1c1cc(Br)c(OCc2cccc(Cl)c2)c(OCC)c1. The molecule has 0 bridgehead atoms. The van der Waals surface area contributed by atoms with Crippen LogP contribution in [0.3, 0.4) is 0 Å². The molecule has 2 aliphatic heterocycles. The van der Waals surface area contributed by atoms with Crippen LogP contribution in [-0.2, 0) is 16.1 Å². The molecule has 9 heteroatoms. The number of hydrogen-bond donors (Lipinski definition) is 0. The highest BCUT2D eigenvalue weighted by atomic mass is 79.9. The van der Waals surface area contributed by atoms with Crippen molar-refractivity contribution in [2.24, 2.45) is 4.99 Å². The van der Waals surface area contributed by atoms with Crippen LogP contribution < -0.4 is 9.47 Å². The molecule has 0 unspecified atom stereocenters. The molecule has 0 saturated carbocycles. The molecule has 0 spiro atoms. The van der Waals surface area contributed by atoms with E-state index in [9.17, 15) is 4.79 Å². The summed E-state index contributed by atoms with van der Waals surface area (Å²) in [6, 6.07) is 11.0. The minimum absolute atomic E-state index is 0.285. The van der Waals surface area contributed by atoms with Crippen molar-refractivity contribution in [2.45, 2.75) is 33.4 Å². The first-order valence-electron chi connectivity index (χ1n) is 10.8. The Morgan fingerprint density at radius 2 is 2.03 bits per heavy atom. The summed E-state index contributed by atoms with van der Waals surface area (Å²) in [4.78, 5) is 19.5. The van der Waals surface area contributed by atoms with Crippen LogP contribution in [0.15, 0.2) is 68.7 Å². The summed E-state index contributed by atoms with van der Waals surface area (Å²) in [6.07, 6.45) is 1.93. The summed E-state index contributed by atoms with van der Waals surface area (Å²) in [5, 5.41) is 3.42. The van der Waals surface area contributed by atoms with Gasteiger partial charge in [-0.1, -0.05) is 35.5 Å². The van der Waals surface area contributed by atoms with Crippen molar-refractivity contribution in [3.63, 3.8) is 0 Å². The lowest BCUT2D eigenvalue weighted by atomic mass is 9.94. The Bertz CT molecular complexity index is 1200. The molecule has 0 aliphatic carbocycles. The zero-order chi connectivity index (χ0) is 24.2. The first-order chi connectivity index (χ1) is 16.4. The standard InChI is InChI=1S/C25H24BrClN2O4S/c1-4-31-20-13-17(12-19(26)23(20)33-14-16-7-6-8-18(27)11-16)22-21(24(30)32-5-2)15(3)28-25-29(22)9-10-34-25/h6-13,22H,4-5,14H2,1-3H3/t22-/m1/s1. The maximum Gasteiger partial charge on any atom is 0.338 e. The number of fused-ring (bicyclic) bond motifs is 1. The van der Waals surface area contributed by atoms with Gasteiger partial charge < -0.3 is 19.1 Å². The minimum Gasteiger partial charge on any atom is -0.490 e. The van der Waals surface area contributed by atoms with Gasteiger partial charge in [-0.25, -0.2) is 9.79 Å². The van der Waals surface area contributed by atoms with Gasteiger partial charge in [0.25, 0.3) is 0 Å². The van der Waals surface area contributed by atoms with Crippen LogP contribution in [0.2, 0.25) is 5.02 Å². The number of carbonyl (C=O) groups is 1. The molecule has 0 fully saturated rings. The summed E-state index contributed by atoms with van der Waals surface area (Å²) in [6.45, 7) is 6.62. The van der Waals surface area contributed by atoms with Crippen LogP contribution in [0.1, 0.15) is 37.9 Å². The number of amidine groups is 1. The quantitative estimate of drug-likeness (QED) is 0.328. The monoisotopic (exact) mass is 562 g/mol. The van der Waals surface area contributed by atoms with Crippen molar-refractivity contribution in [3.05, 3.63) is 79.9 Å². The van der Waals surface area contributed by atoms with Crippen LogP contribution in [0.25, 0.3) is 0 Å². The molecule has 2 aromatic rings. The first kappa shape index (κ1) is 24.7. The van der Waals surface area contributed by atoms with Crippen molar-refractivity contribution in [1.82, 2.24) is 4.90 Å². The maximum absolute atomic E-state index is 12.9. The third-order valence-corrected chi connectivity index (χ3v) is 6.83. The minimum atomic E-state index is -0.407. The normalized spacial score (nSPS) is 16.9. The third-order valence-electron chi connectivity index (χ3n) is 5.24. The topological polar surface area (TPSA) is 60.4 Å². The Kier molecular flexibility index (Phi) is 7.91. The molecule has 2 heterocycles. The molecule has 2 aromatic carbocycles. The van der Waals surface area contributed by atoms with Gasteiger partial charge in [-0.05, 0) is 77.5 Å². The number of thioether (sulfide) groups is 1. The van der Waals surface area contributed by atoms with Gasteiger partial charge in [-0.2, -0.15) is 0 Å². The molecular formula is C25H24BrClN2O4S. The number of carbonyl (C=O) groups excluding carboxylic acids is 1. The van der Waals surface area contributed by atoms with E-state index in [1.165, 1.54) is 11.8 Å². The Balaban J connectivity index is 1.73. The number of halogens is 2. The van der Waals surface area contributed by atoms with E-state index in [2.05, 4.69) is 20.9 Å². The summed E-state index contributed by atoms with van der Waals surface area (Å²) >= 11 is 11.3. The molecule has 0 amide bonds. The zero-order valence-corrected chi connectivity index (χ0v) is 22.2. The van der Waals surface area contributed by atoms with Gasteiger partial charge in [0.2, 0.25) is 0 Å². The highest BCUT2D eigenvalue weighted by molar-refractivity contribution is 9.10. The Morgan fingerprint density at radius 1 is 1.21 bits per heavy atom. The van der Waals surface area contributed by atoms with Crippen molar-refractivity contribution in [1.29, 1.82) is 0 Å². The molecule has 1 atom stereocenters. The molecule has 0 saturated heterocycles. The molecular weight excluding hydrogens is 540 g/mol. The molecule has 2 aliphatic rings. The van der Waals surface area contributed by atoms with E-state index >= 15 is 0 Å². The van der Waals surface area contributed by atoms with Crippen LogP contribution in [-0.4, -0.2) is 29.3 Å². The van der Waals surface area contributed by atoms with Crippen molar-refractivity contribution >= 4 is 50.4 Å². The van der Waals surface area contributed by atoms with Gasteiger partial charge in [0.1, 0.15) is 6.61 Å². The molecule has 0 aromatic heterocycles. The summed E-state index contributed by atoms with van der Waals surface area (Å²) in [5.74, 6) is 0.781. The molecule has 0 N–H and O–H groups in total. The van der Waals surface area contributed by atoms with Crippen LogP contribution in [0.4, 0.5) is 0 Å². The van der Waals surface area contributed by atoms with Crippen molar-refractivity contribution < 1.29 is 19.0 Å². The van der Waals surface area contributed by atoms with Crippen LogP contribution in [0, 0.1) is 0 Å². The molecule has 0 radical (unpaired) electrons. The Hall–Kier alpha value is -2.42. The lowest BCUT2D eigenvalue weighted by molar-refractivity contribution is -0.139. The van der Waals surface area contributed by atoms with Crippen LogP contribution in [0.5, 0.6) is 11.5 Å². The fraction of sp³-hybridized carbons (Fsp3) is 0.280. The van der Waals surface area contributed by atoms with E-state index in [0.29, 0.717) is 41.0 Å². The second-order valence-corrected chi connectivity index (χ2v) is 9.67. The zero-order valence-electron chi connectivity index (χ0n) is 19.0. The molecule has 4 rings (SSSR count). The van der Waals surface area contributed by atoms with E-state index < -0.39 is 6.04 Å². The van der Waals surface area contributed by atoms with E-state index in [0.717, 1.165) is 20.8 Å². The lowest BCUT2D eigenvalue weighted by Gasteiger charge is -2.33. The first-order valence-corrected chi connectivity index (χ1v) is 12.9. The Morgan fingerprint density at radius 3 is 2.76 bits per heavy atom. The average molecular weight is 564 g/mol. The Labute approximate surface area is 216 Å². The van der Waals surface area contributed by atoms with E-state index in [1.807, 2.05) is 66.8 Å². The smallest absolute Gasteiger partial charge is 0.338 e. The second-order valence-electron chi connectivity index (χ2n) is 7.51. The number of benzene rings is 2. The number of ether oxygens (including phenoxy) is 3. The summed E-state index contributed by atoms with van der Waals surface area (Å²) in [5.41, 5.74) is 2.94. The maximum atomic E-state index is 12.9. The van der Waals surface area contributed by atoms with Gasteiger partial charge in [0, 0.05) is 11.2 Å². The third kappa shape index (κ3) is 5.14. The molecule has 34 heavy (non-hydrogen) atoms. The summed E-state index contributed by atoms with van der Waals surface area (Å²) < 4.78 is 18.2. The van der Waals surface area contributed by atoms with Gasteiger partial charge in [-0.15, -0.1) is 0 Å². The number of esters is 1. The molecule has 6 nitrogen and oxygen atoms in total.